The van der Waals surface area contributed by atoms with Crippen molar-refractivity contribution >= 4 is 0 Å². The normalized spacial score (nSPS) is 21.1. The van der Waals surface area contributed by atoms with E-state index in [-0.39, 0.29) is 0 Å². The van der Waals surface area contributed by atoms with E-state index in [0.29, 0.717) is 16.9 Å². The van der Waals surface area contributed by atoms with Crippen LogP contribution < -0.4 is 10.1 Å². The molecule has 102 valence electrons. The molecule has 0 aromatic carbocycles. The Bertz CT molecular complexity index is 446. The van der Waals surface area contributed by atoms with E-state index in [1.54, 1.807) is 11.8 Å². The summed E-state index contributed by atoms with van der Waals surface area (Å²) < 4.78 is 7.22. The van der Waals surface area contributed by atoms with Crippen molar-refractivity contribution in [3.63, 3.8) is 0 Å². The van der Waals surface area contributed by atoms with Gasteiger partial charge in [-0.15, -0.1) is 0 Å². The first-order valence-corrected chi connectivity index (χ1v) is 6.53. The molecular formula is C14H25N3O. The summed E-state index contributed by atoms with van der Waals surface area (Å²) in [6, 6.07) is 0.550. The molecule has 1 fully saturated rings. The van der Waals surface area contributed by atoms with Crippen molar-refractivity contribution in [3.8, 4) is 5.88 Å². The number of hydrogen-bond donors (Lipinski definition) is 1. The molecule has 0 spiro atoms. The van der Waals surface area contributed by atoms with Crippen molar-refractivity contribution in [3.05, 3.63) is 11.3 Å². The Hall–Kier alpha value is -1.03. The third-order valence-corrected chi connectivity index (χ3v) is 4.99. The number of nitrogens with zero attached hydrogens (tertiary/aromatic N) is 2. The highest BCUT2D eigenvalue weighted by molar-refractivity contribution is 5.31. The topological polar surface area (TPSA) is 39.1 Å². The smallest absolute Gasteiger partial charge is 0.216 e. The Morgan fingerprint density at radius 3 is 2.28 bits per heavy atom. The zero-order chi connectivity index (χ0) is 13.7. The average molecular weight is 251 g/mol. The van der Waals surface area contributed by atoms with E-state index in [1.165, 1.54) is 5.56 Å². The van der Waals surface area contributed by atoms with Crippen LogP contribution in [0.25, 0.3) is 0 Å². The second-order valence-corrected chi connectivity index (χ2v) is 6.45. The first-order valence-electron chi connectivity index (χ1n) is 6.53. The van der Waals surface area contributed by atoms with Crippen molar-refractivity contribution in [1.82, 2.24) is 15.1 Å². The van der Waals surface area contributed by atoms with Gasteiger partial charge in [-0.1, -0.05) is 27.7 Å². The number of aromatic nitrogens is 2. The molecule has 0 bridgehead atoms. The lowest BCUT2D eigenvalue weighted by Gasteiger charge is -2.08. The second-order valence-electron chi connectivity index (χ2n) is 6.45. The Morgan fingerprint density at radius 1 is 1.28 bits per heavy atom. The van der Waals surface area contributed by atoms with Crippen molar-refractivity contribution in [2.24, 2.45) is 17.9 Å². The highest BCUT2D eigenvalue weighted by Gasteiger charge is 2.64. The molecule has 0 amide bonds. The standard InChI is InChI=1S/C14H25N3O/c1-9-10(11(18-7)17(6)16-9)8-15-12-13(2,3)14(12,4)5/h12,15H,8H2,1-7H3. The van der Waals surface area contributed by atoms with Crippen LogP contribution in [-0.4, -0.2) is 22.9 Å². The fraction of sp³-hybridized carbons (Fsp3) is 0.786. The van der Waals surface area contributed by atoms with Gasteiger partial charge in [-0.2, -0.15) is 5.10 Å². The first-order chi connectivity index (χ1) is 8.23. The lowest BCUT2D eigenvalue weighted by Crippen LogP contribution is -2.22. The molecular weight excluding hydrogens is 226 g/mol. The Morgan fingerprint density at radius 2 is 1.83 bits per heavy atom. The first kappa shape index (κ1) is 13.4. The van der Waals surface area contributed by atoms with Crippen LogP contribution in [0.4, 0.5) is 0 Å². The van der Waals surface area contributed by atoms with Crippen LogP contribution in [0.3, 0.4) is 0 Å². The van der Waals surface area contributed by atoms with Crippen LogP contribution in [0.15, 0.2) is 0 Å². The van der Waals surface area contributed by atoms with E-state index >= 15 is 0 Å². The Balaban J connectivity index is 2.09. The van der Waals surface area contributed by atoms with E-state index in [4.69, 9.17) is 4.74 Å². The van der Waals surface area contributed by atoms with Gasteiger partial charge in [0.25, 0.3) is 0 Å². The molecule has 2 rings (SSSR count). The van der Waals surface area contributed by atoms with Gasteiger partial charge < -0.3 is 10.1 Å². The SMILES string of the molecule is COc1c(CNC2C(C)(C)C2(C)C)c(C)nn1C. The minimum absolute atomic E-state index is 0.357. The van der Waals surface area contributed by atoms with Gasteiger partial charge in [0.1, 0.15) is 0 Å². The van der Waals surface area contributed by atoms with Gasteiger partial charge in [-0.25, -0.2) is 4.68 Å². The molecule has 1 aliphatic carbocycles. The lowest BCUT2D eigenvalue weighted by molar-refractivity contribution is 0.367. The van der Waals surface area contributed by atoms with Gasteiger partial charge in [0.05, 0.1) is 18.4 Å². The predicted octanol–water partition coefficient (Wildman–Crippen LogP) is 2.26. The number of aryl methyl sites for hydroxylation is 2. The maximum Gasteiger partial charge on any atom is 0.216 e. The van der Waals surface area contributed by atoms with Crippen LogP contribution >= 0.6 is 0 Å². The monoisotopic (exact) mass is 251 g/mol. The van der Waals surface area contributed by atoms with Crippen molar-refractivity contribution in [1.29, 1.82) is 0 Å². The van der Waals surface area contributed by atoms with Gasteiger partial charge in [0, 0.05) is 19.6 Å². The molecule has 1 aliphatic rings. The van der Waals surface area contributed by atoms with Crippen LogP contribution in [0.1, 0.15) is 39.0 Å². The molecule has 1 N–H and O–H groups in total. The third-order valence-electron chi connectivity index (χ3n) is 4.99. The molecule has 0 radical (unpaired) electrons. The maximum absolute atomic E-state index is 5.41. The lowest BCUT2D eigenvalue weighted by atomic mass is 10.0. The molecule has 4 nitrogen and oxygen atoms in total. The van der Waals surface area contributed by atoms with Crippen molar-refractivity contribution in [2.75, 3.05) is 7.11 Å². The van der Waals surface area contributed by atoms with E-state index in [9.17, 15) is 0 Å². The number of ether oxygens (including phenoxy) is 1. The molecule has 0 atom stereocenters. The van der Waals surface area contributed by atoms with E-state index in [1.807, 2.05) is 14.0 Å². The number of nitrogens with one attached hydrogen (secondary N) is 1. The van der Waals surface area contributed by atoms with E-state index in [0.717, 1.165) is 18.1 Å². The van der Waals surface area contributed by atoms with Crippen LogP contribution in [0.2, 0.25) is 0 Å². The zero-order valence-corrected chi connectivity index (χ0v) is 12.6. The molecule has 4 heteroatoms. The molecule has 1 saturated carbocycles. The average Bonchev–Trinajstić information content (AvgIpc) is 2.50. The maximum atomic E-state index is 5.41. The quantitative estimate of drug-likeness (QED) is 0.892. The molecule has 0 unspecified atom stereocenters. The minimum atomic E-state index is 0.357. The summed E-state index contributed by atoms with van der Waals surface area (Å²) >= 11 is 0. The summed E-state index contributed by atoms with van der Waals surface area (Å²) in [6.07, 6.45) is 0. The molecule has 18 heavy (non-hydrogen) atoms. The van der Waals surface area contributed by atoms with Crippen LogP contribution in [-0.2, 0) is 13.6 Å². The summed E-state index contributed by atoms with van der Waals surface area (Å²) in [7, 11) is 3.62. The fourth-order valence-electron chi connectivity index (χ4n) is 3.05. The minimum Gasteiger partial charge on any atom is -0.481 e. The van der Waals surface area contributed by atoms with Gasteiger partial charge in [-0.05, 0) is 17.8 Å². The van der Waals surface area contributed by atoms with Gasteiger partial charge >= 0.3 is 0 Å². The summed E-state index contributed by atoms with van der Waals surface area (Å²) in [5.41, 5.74) is 2.92. The van der Waals surface area contributed by atoms with E-state index in [2.05, 4.69) is 38.1 Å². The van der Waals surface area contributed by atoms with E-state index < -0.39 is 0 Å². The summed E-state index contributed by atoms with van der Waals surface area (Å²) in [5.74, 6) is 0.858. The zero-order valence-electron chi connectivity index (χ0n) is 12.6. The van der Waals surface area contributed by atoms with Gasteiger partial charge in [0.15, 0.2) is 0 Å². The van der Waals surface area contributed by atoms with Gasteiger partial charge in [0.2, 0.25) is 5.88 Å². The number of rotatable bonds is 4. The fourth-order valence-corrected chi connectivity index (χ4v) is 3.05. The largest absolute Gasteiger partial charge is 0.481 e. The molecule has 0 aliphatic heterocycles. The highest BCUT2D eigenvalue weighted by Crippen LogP contribution is 2.62. The second kappa shape index (κ2) is 3.98. The summed E-state index contributed by atoms with van der Waals surface area (Å²) in [5, 5.41) is 8.05. The molecule has 1 aromatic rings. The summed E-state index contributed by atoms with van der Waals surface area (Å²) in [4.78, 5) is 0. The summed E-state index contributed by atoms with van der Waals surface area (Å²) in [6.45, 7) is 12.1. The van der Waals surface area contributed by atoms with Crippen LogP contribution in [0.5, 0.6) is 5.88 Å². The molecule has 1 heterocycles. The van der Waals surface area contributed by atoms with Crippen LogP contribution in [0, 0.1) is 17.8 Å². The number of hydrogen-bond acceptors (Lipinski definition) is 3. The van der Waals surface area contributed by atoms with Crippen molar-refractivity contribution < 1.29 is 4.74 Å². The van der Waals surface area contributed by atoms with Gasteiger partial charge in [-0.3, -0.25) is 0 Å². The van der Waals surface area contributed by atoms with Crippen molar-refractivity contribution in [2.45, 2.75) is 47.2 Å². The Kier molecular flexibility index (Phi) is 2.97. The third kappa shape index (κ3) is 1.74. The highest BCUT2D eigenvalue weighted by atomic mass is 16.5. The predicted molar refractivity (Wildman–Crippen MR) is 72.7 cm³/mol. The molecule has 1 aromatic heterocycles. The Labute approximate surface area is 110 Å². The molecule has 0 saturated heterocycles. The number of methoxy groups -OCH3 is 1.